The zero-order valence-corrected chi connectivity index (χ0v) is 30.1. The number of methoxy groups -OCH3 is 2. The number of nitrogens with zero attached hydrogens (tertiary/aromatic N) is 2. The second-order valence-electron chi connectivity index (χ2n) is 7.68. The summed E-state index contributed by atoms with van der Waals surface area (Å²) >= 11 is 16.1. The first kappa shape index (κ1) is 46.6. The minimum atomic E-state index is -3.52. The normalized spacial score (nSPS) is 10.0. The Morgan fingerprint density at radius 3 is 1.75 bits per heavy atom. The standard InChI is InChI=1S/C13H10BrNO3.C7H6ClNO2.C6H5BrO.C2H2O3S2.CH4.B3/c1-17-13(16)11-8-15-7-6-12(11)18-10-4-2-9(14)3-5-10;1-11-7(10)5-4-9-3-2-6(5)8;7-5-1-3-6(8)4-2-5;3-1-7(4,5)2-6;;1-3-2/h2-8H,1H3;2-4H,1H3;1-4,8H;1H,(H,4,5);1H4;. The summed E-state index contributed by atoms with van der Waals surface area (Å²) in [6.07, 6.45) is 5.85. The first-order chi connectivity index (χ1) is 22.3. The Bertz CT molecular complexity index is 1690. The number of ether oxygens (including phenoxy) is 3. The van der Waals surface area contributed by atoms with E-state index in [9.17, 15) is 18.6 Å². The maximum Gasteiger partial charge on any atom is 0.343 e. The molecule has 0 spiro atoms. The van der Waals surface area contributed by atoms with Gasteiger partial charge in [-0.15, -0.1) is 0 Å². The molecule has 0 amide bonds. The van der Waals surface area contributed by atoms with Crippen molar-refractivity contribution in [3.8, 4) is 17.2 Å². The average Bonchev–Trinajstić information content (AvgIpc) is 3.08. The van der Waals surface area contributed by atoms with E-state index < -0.39 is 21.7 Å². The smallest absolute Gasteiger partial charge is 0.343 e. The molecule has 0 aliphatic carbocycles. The van der Waals surface area contributed by atoms with Crippen molar-refractivity contribution >= 4 is 110 Å². The van der Waals surface area contributed by atoms with Crippen LogP contribution in [0.2, 0.25) is 5.02 Å². The average molecular weight is 839 g/mol. The lowest BCUT2D eigenvalue weighted by atomic mass is 9.40. The van der Waals surface area contributed by atoms with Gasteiger partial charge in [-0.2, -0.15) is 0 Å². The van der Waals surface area contributed by atoms with Crippen molar-refractivity contribution in [3.63, 3.8) is 0 Å². The van der Waals surface area contributed by atoms with Crippen LogP contribution in [-0.2, 0) is 24.1 Å². The summed E-state index contributed by atoms with van der Waals surface area (Å²) in [5, 5.41) is 9.09. The zero-order valence-electron chi connectivity index (χ0n) is 24.5. The summed E-state index contributed by atoms with van der Waals surface area (Å²) in [6, 6.07) is 17.3. The van der Waals surface area contributed by atoms with Crippen LogP contribution in [0.3, 0.4) is 0 Å². The number of aromatic hydroxyl groups is 1. The number of hydrogen-bond acceptors (Lipinski definition) is 11. The molecule has 0 aliphatic rings. The molecule has 1 unspecified atom stereocenters. The highest BCUT2D eigenvalue weighted by molar-refractivity contribution is 9.10. The molecule has 48 heavy (non-hydrogen) atoms. The van der Waals surface area contributed by atoms with E-state index >= 15 is 0 Å². The molecular weight excluding hydrogens is 812 g/mol. The molecule has 19 heteroatoms. The fourth-order valence-corrected chi connectivity index (χ4v) is 3.33. The molecule has 2 aromatic heterocycles. The predicted molar refractivity (Wildman–Crippen MR) is 200 cm³/mol. The number of esters is 2. The third-order valence-electron chi connectivity index (χ3n) is 4.48. The number of phenolic OH excluding ortho intramolecular Hbond substituents is 1. The van der Waals surface area contributed by atoms with Gasteiger partial charge in [-0.1, -0.05) is 50.9 Å². The highest BCUT2D eigenvalue weighted by Crippen LogP contribution is 2.26. The summed E-state index contributed by atoms with van der Waals surface area (Å²) in [6.45, 7) is 0. The molecule has 1 atom stereocenters. The van der Waals surface area contributed by atoms with Gasteiger partial charge < -0.3 is 23.9 Å². The van der Waals surface area contributed by atoms with Crippen molar-refractivity contribution < 1.29 is 42.5 Å². The van der Waals surface area contributed by atoms with E-state index in [4.69, 9.17) is 26.0 Å². The number of hydrogen-bond donors (Lipinski definition) is 2. The molecule has 4 aromatic rings. The van der Waals surface area contributed by atoms with Crippen LogP contribution in [-0.4, -0.2) is 82.5 Å². The maximum absolute atomic E-state index is 11.5. The number of phenols is 1. The molecule has 2 heterocycles. The first-order valence-corrected chi connectivity index (χ1v) is 16.2. The minimum Gasteiger partial charge on any atom is -0.508 e. The van der Waals surface area contributed by atoms with Gasteiger partial charge in [0.15, 0.2) is 9.80 Å². The Morgan fingerprint density at radius 1 is 0.917 bits per heavy atom. The van der Waals surface area contributed by atoms with E-state index in [0.29, 0.717) is 27.8 Å². The minimum absolute atomic E-state index is 0. The fraction of sp³-hybridized carbons (Fsp3) is 0.103. The van der Waals surface area contributed by atoms with E-state index in [0.717, 1.165) is 16.0 Å². The molecule has 0 fully saturated rings. The van der Waals surface area contributed by atoms with Gasteiger partial charge in [0, 0.05) is 66.6 Å². The fourth-order valence-electron chi connectivity index (χ4n) is 2.46. The number of carbonyl (C=O) groups is 3. The molecule has 0 saturated carbocycles. The molecule has 2 aromatic carbocycles. The van der Waals surface area contributed by atoms with Gasteiger partial charge in [0.05, 0.1) is 24.8 Å². The Balaban J connectivity index is 0. The van der Waals surface area contributed by atoms with Crippen LogP contribution in [0.15, 0.2) is 94.4 Å². The predicted octanol–water partition coefficient (Wildman–Crippen LogP) is 6.36. The summed E-state index contributed by atoms with van der Waals surface area (Å²) in [4.78, 5) is 39.4. The summed E-state index contributed by atoms with van der Waals surface area (Å²) in [5.74, 6) is 0.403. The van der Waals surface area contributed by atoms with Crippen molar-refractivity contribution in [3.05, 3.63) is 111 Å². The molecule has 0 saturated heterocycles. The number of carbonyl (C=O) groups excluding carboxylic acids is 3. The Morgan fingerprint density at radius 2 is 1.35 bits per heavy atom. The molecule has 2 N–H and O–H groups in total. The van der Waals surface area contributed by atoms with Crippen LogP contribution < -0.4 is 4.74 Å². The molecule has 11 nitrogen and oxygen atoms in total. The molecule has 4 rings (SSSR count). The van der Waals surface area contributed by atoms with E-state index in [2.05, 4.69) is 79.0 Å². The Hall–Kier alpha value is -3.50. The van der Waals surface area contributed by atoms with Crippen molar-refractivity contribution in [1.29, 1.82) is 0 Å². The Labute approximate surface area is 309 Å². The molecule has 0 bridgehead atoms. The molecule has 5 radical (unpaired) electrons. The van der Waals surface area contributed by atoms with Crippen molar-refractivity contribution in [2.75, 3.05) is 14.2 Å². The van der Waals surface area contributed by atoms with E-state index in [-0.39, 0.29) is 18.6 Å². The highest BCUT2D eigenvalue weighted by Gasteiger charge is 2.13. The van der Waals surface area contributed by atoms with Crippen LogP contribution in [0, 0.1) is 0 Å². The van der Waals surface area contributed by atoms with Gasteiger partial charge in [0.1, 0.15) is 22.8 Å². The van der Waals surface area contributed by atoms with Gasteiger partial charge in [-0.25, -0.2) is 13.8 Å². The first-order valence-electron chi connectivity index (χ1n) is 12.2. The van der Waals surface area contributed by atoms with E-state index in [1.165, 1.54) is 43.2 Å². The third kappa shape index (κ3) is 20.0. The Kier molecular flexibility index (Phi) is 25.7. The number of pyridine rings is 2. The zero-order chi connectivity index (χ0) is 35.8. The largest absolute Gasteiger partial charge is 0.508 e. The number of rotatable bonds is 5. The SMILES string of the molecule is C.COC(=O)c1cnccc1Cl.COC(=O)c1cnccc1Oc1ccc(Br)cc1.O=CS(=O)(O)=C=S.Oc1ccc(Br)cc1.[B][B][B]. The topological polar surface area (TPSA) is 162 Å². The second-order valence-corrected chi connectivity index (χ2v) is 11.9. The van der Waals surface area contributed by atoms with Crippen molar-refractivity contribution in [2.24, 2.45) is 0 Å². The van der Waals surface area contributed by atoms with Gasteiger partial charge in [-0.05, 0) is 66.8 Å². The number of aromatic nitrogens is 2. The lowest BCUT2D eigenvalue weighted by molar-refractivity contribution is 0.0589. The summed E-state index contributed by atoms with van der Waals surface area (Å²) < 4.78 is 36.1. The summed E-state index contributed by atoms with van der Waals surface area (Å²) in [5.41, 5.74) is 0.444. The second kappa shape index (κ2) is 26.5. The lowest BCUT2D eigenvalue weighted by Gasteiger charge is -2.09. The van der Waals surface area contributed by atoms with Gasteiger partial charge in [0.2, 0.25) is 5.62 Å². The lowest BCUT2D eigenvalue weighted by Crippen LogP contribution is -2.04. The third-order valence-corrected chi connectivity index (χ3v) is 7.08. The van der Waals surface area contributed by atoms with E-state index in [1.807, 2.05) is 12.1 Å². The van der Waals surface area contributed by atoms with Gasteiger partial charge >= 0.3 is 11.9 Å². The van der Waals surface area contributed by atoms with Crippen LogP contribution in [0.5, 0.6) is 17.2 Å². The monoisotopic (exact) mass is 837 g/mol. The molecular formula is C29H27B3Br2ClN2O9S2. The number of thiocarbonyl (C=S) groups is 1. The molecule has 0 aliphatic heterocycles. The van der Waals surface area contributed by atoms with Crippen LogP contribution in [0.25, 0.3) is 0 Å². The van der Waals surface area contributed by atoms with Crippen LogP contribution >= 0.6 is 55.7 Å². The molecule has 249 valence electrons. The van der Waals surface area contributed by atoms with Gasteiger partial charge in [-0.3, -0.25) is 14.8 Å². The van der Waals surface area contributed by atoms with Gasteiger partial charge in [0.25, 0.3) is 0 Å². The number of halogens is 3. The van der Waals surface area contributed by atoms with Crippen LogP contribution in [0.4, 0.5) is 0 Å². The summed E-state index contributed by atoms with van der Waals surface area (Å²) in [7, 11) is 9.09. The van der Waals surface area contributed by atoms with Crippen molar-refractivity contribution in [1.82, 2.24) is 9.97 Å². The highest BCUT2D eigenvalue weighted by atomic mass is 79.9. The van der Waals surface area contributed by atoms with Crippen LogP contribution in [0.1, 0.15) is 28.1 Å². The number of benzene rings is 2. The van der Waals surface area contributed by atoms with E-state index in [1.54, 1.807) is 48.7 Å². The quantitative estimate of drug-likeness (QED) is 0.0992. The maximum atomic E-state index is 11.5. The van der Waals surface area contributed by atoms with Crippen molar-refractivity contribution in [2.45, 2.75) is 7.43 Å².